The number of hydrogen-bond acceptors (Lipinski definition) is 8. The van der Waals surface area contributed by atoms with E-state index in [4.69, 9.17) is 24.3 Å². The molecule has 0 aromatic heterocycles. The third kappa shape index (κ3) is 6.30. The van der Waals surface area contributed by atoms with Crippen molar-refractivity contribution in [3.63, 3.8) is 0 Å². The highest BCUT2D eigenvalue weighted by Crippen LogP contribution is 2.35. The molecule has 2 heterocycles. The Morgan fingerprint density at radius 2 is 1.77 bits per heavy atom. The number of hydrogen-bond donors (Lipinski definition) is 1. The number of thioether (sulfide) groups is 1. The Bertz CT molecular complexity index is 1450. The highest BCUT2D eigenvalue weighted by Gasteiger charge is 2.30. The summed E-state index contributed by atoms with van der Waals surface area (Å²) in [5, 5.41) is 9.66. The van der Waals surface area contributed by atoms with Gasteiger partial charge in [-0.2, -0.15) is 0 Å². The first-order valence-electron chi connectivity index (χ1n) is 12.7. The summed E-state index contributed by atoms with van der Waals surface area (Å²) in [4.78, 5) is 33.1. The topological polar surface area (TPSA) is 101 Å². The van der Waals surface area contributed by atoms with E-state index in [1.165, 1.54) is 11.8 Å². The zero-order valence-electron chi connectivity index (χ0n) is 22.2. The van der Waals surface area contributed by atoms with E-state index in [9.17, 15) is 9.59 Å². The summed E-state index contributed by atoms with van der Waals surface area (Å²) in [6, 6.07) is 20.0. The van der Waals surface area contributed by atoms with E-state index in [1.807, 2.05) is 42.5 Å². The molecule has 1 amide bonds. The lowest BCUT2D eigenvalue weighted by Gasteiger charge is -2.28. The lowest BCUT2D eigenvalue weighted by Crippen LogP contribution is -2.36. The second-order valence-electron chi connectivity index (χ2n) is 9.19. The number of benzene rings is 3. The molecule has 0 saturated carbocycles. The van der Waals surface area contributed by atoms with E-state index in [2.05, 4.69) is 4.90 Å². The Morgan fingerprint density at radius 1 is 1.05 bits per heavy atom. The number of methoxy groups -OCH3 is 1. The molecule has 5 rings (SSSR count). The fraction of sp³-hybridized carbons (Fsp3) is 0.233. The zero-order chi connectivity index (χ0) is 28.1. The number of nitrogens with zero attached hydrogens (tertiary/aromatic N) is 3. The smallest absolute Gasteiger partial charge is 0.335 e. The van der Waals surface area contributed by atoms with Crippen LogP contribution in [0.3, 0.4) is 0 Å². The van der Waals surface area contributed by atoms with Crippen molar-refractivity contribution >= 4 is 46.3 Å². The number of aromatic carboxylic acids is 1. The van der Waals surface area contributed by atoms with Crippen molar-refractivity contribution in [1.29, 1.82) is 0 Å². The van der Waals surface area contributed by atoms with Crippen LogP contribution in [0.25, 0.3) is 6.08 Å². The zero-order valence-corrected chi connectivity index (χ0v) is 23.0. The van der Waals surface area contributed by atoms with Crippen LogP contribution in [-0.2, 0) is 16.1 Å². The standard InChI is InChI=1S/C30H29N3O6S/c1-32-28(34)27(40-30(32)31-23-8-10-24(11-9-23)33-13-15-38-16-14-33)18-21-5-12-25(26(17-21)37-2)39-19-20-3-6-22(7-4-20)29(35)36/h3-12,17-18H,13-16,19H2,1-2H3,(H,35,36)/b27-18-,31-30?. The Morgan fingerprint density at radius 3 is 2.45 bits per heavy atom. The van der Waals surface area contributed by atoms with Gasteiger partial charge in [0.15, 0.2) is 16.7 Å². The van der Waals surface area contributed by atoms with Crippen molar-refractivity contribution in [2.75, 3.05) is 45.4 Å². The predicted octanol–water partition coefficient (Wildman–Crippen LogP) is 5.04. The van der Waals surface area contributed by atoms with Crippen LogP contribution in [0.15, 0.2) is 76.6 Å². The Labute approximate surface area is 236 Å². The third-order valence-electron chi connectivity index (χ3n) is 6.53. The number of carbonyl (C=O) groups is 2. The van der Waals surface area contributed by atoms with Crippen molar-refractivity contribution in [3.05, 3.63) is 88.3 Å². The van der Waals surface area contributed by atoms with Gasteiger partial charge in [-0.1, -0.05) is 18.2 Å². The molecule has 2 saturated heterocycles. The number of amidine groups is 1. The quantitative estimate of drug-likeness (QED) is 0.383. The molecule has 2 aliphatic heterocycles. The van der Waals surface area contributed by atoms with E-state index in [1.54, 1.807) is 49.4 Å². The normalized spacial score (nSPS) is 17.5. The summed E-state index contributed by atoms with van der Waals surface area (Å²) in [5.41, 5.74) is 3.75. The van der Waals surface area contributed by atoms with Crippen LogP contribution in [0, 0.1) is 0 Å². The third-order valence-corrected chi connectivity index (χ3v) is 7.60. The molecule has 3 aromatic carbocycles. The highest BCUT2D eigenvalue weighted by molar-refractivity contribution is 8.18. The number of ether oxygens (including phenoxy) is 3. The van der Waals surface area contributed by atoms with Crippen LogP contribution in [0.1, 0.15) is 21.5 Å². The molecule has 10 heteroatoms. The molecule has 3 aromatic rings. The second-order valence-corrected chi connectivity index (χ2v) is 10.2. The maximum atomic E-state index is 13.0. The SMILES string of the molecule is COc1cc(/C=C2\SC(=Nc3ccc(N4CCOCC4)cc3)N(C)C2=O)ccc1OCc1ccc(C(=O)O)cc1. The van der Waals surface area contributed by atoms with E-state index in [-0.39, 0.29) is 18.1 Å². The minimum absolute atomic E-state index is 0.127. The molecular weight excluding hydrogens is 530 g/mol. The average molecular weight is 560 g/mol. The first kappa shape index (κ1) is 27.3. The molecule has 9 nitrogen and oxygen atoms in total. The maximum absolute atomic E-state index is 13.0. The number of rotatable bonds is 8. The molecule has 2 fully saturated rings. The second kappa shape index (κ2) is 12.3. The van der Waals surface area contributed by atoms with Crippen LogP contribution in [0.5, 0.6) is 11.5 Å². The first-order valence-corrected chi connectivity index (χ1v) is 13.5. The number of anilines is 1. The summed E-state index contributed by atoms with van der Waals surface area (Å²) in [6.07, 6.45) is 1.81. The minimum atomic E-state index is -0.972. The molecule has 40 heavy (non-hydrogen) atoms. The number of aliphatic imine (C=N–C) groups is 1. The van der Waals surface area contributed by atoms with E-state index in [0.717, 1.165) is 48.8 Å². The van der Waals surface area contributed by atoms with Crippen molar-refractivity contribution in [2.45, 2.75) is 6.61 Å². The van der Waals surface area contributed by atoms with Crippen LogP contribution >= 0.6 is 11.8 Å². The number of morpholine rings is 1. The monoisotopic (exact) mass is 559 g/mol. The summed E-state index contributed by atoms with van der Waals surface area (Å²) in [5.74, 6) is -0.0370. The molecule has 0 radical (unpaired) electrons. The molecule has 0 bridgehead atoms. The van der Waals surface area contributed by atoms with Crippen molar-refractivity contribution < 1.29 is 28.9 Å². The van der Waals surface area contributed by atoms with E-state index in [0.29, 0.717) is 21.6 Å². The fourth-order valence-electron chi connectivity index (χ4n) is 4.27. The van der Waals surface area contributed by atoms with Crippen molar-refractivity contribution in [1.82, 2.24) is 4.90 Å². The molecular formula is C30H29N3O6S. The minimum Gasteiger partial charge on any atom is -0.493 e. The lowest BCUT2D eigenvalue weighted by molar-refractivity contribution is -0.121. The summed E-state index contributed by atoms with van der Waals surface area (Å²) >= 11 is 1.32. The van der Waals surface area contributed by atoms with E-state index < -0.39 is 5.97 Å². The Balaban J connectivity index is 1.26. The van der Waals surface area contributed by atoms with Crippen LogP contribution < -0.4 is 14.4 Å². The molecule has 0 spiro atoms. The molecule has 1 N–H and O–H groups in total. The van der Waals surface area contributed by atoms with Gasteiger partial charge in [0.1, 0.15) is 6.61 Å². The molecule has 0 unspecified atom stereocenters. The Kier molecular flexibility index (Phi) is 8.37. The number of amides is 1. The largest absolute Gasteiger partial charge is 0.493 e. The van der Waals surface area contributed by atoms with Gasteiger partial charge in [-0.15, -0.1) is 0 Å². The summed E-state index contributed by atoms with van der Waals surface area (Å²) < 4.78 is 16.9. The first-order chi connectivity index (χ1) is 19.4. The number of carboxylic acids is 1. The summed E-state index contributed by atoms with van der Waals surface area (Å²) in [7, 11) is 3.27. The molecule has 206 valence electrons. The van der Waals surface area contributed by atoms with Crippen molar-refractivity contribution in [2.24, 2.45) is 4.99 Å². The van der Waals surface area contributed by atoms with Gasteiger partial charge in [0.05, 0.1) is 36.5 Å². The van der Waals surface area contributed by atoms with Gasteiger partial charge >= 0.3 is 5.97 Å². The predicted molar refractivity (Wildman–Crippen MR) is 156 cm³/mol. The highest BCUT2D eigenvalue weighted by atomic mass is 32.2. The van der Waals surface area contributed by atoms with Crippen LogP contribution in [-0.4, -0.2) is 67.5 Å². The van der Waals surface area contributed by atoms with Gasteiger partial charge in [0, 0.05) is 25.8 Å². The molecule has 0 aliphatic carbocycles. The van der Waals surface area contributed by atoms with Crippen molar-refractivity contribution in [3.8, 4) is 11.5 Å². The summed E-state index contributed by atoms with van der Waals surface area (Å²) in [6.45, 7) is 3.46. The number of likely N-dealkylation sites (N-methyl/N-ethyl adjacent to an activating group) is 1. The maximum Gasteiger partial charge on any atom is 0.335 e. The van der Waals surface area contributed by atoms with Gasteiger partial charge < -0.3 is 24.2 Å². The van der Waals surface area contributed by atoms with Crippen LogP contribution in [0.4, 0.5) is 11.4 Å². The fourth-order valence-corrected chi connectivity index (χ4v) is 5.26. The van der Waals surface area contributed by atoms with Gasteiger partial charge in [0.25, 0.3) is 5.91 Å². The van der Waals surface area contributed by atoms with Gasteiger partial charge in [-0.05, 0) is 77.5 Å². The lowest BCUT2D eigenvalue weighted by atomic mass is 10.1. The van der Waals surface area contributed by atoms with Crippen LogP contribution in [0.2, 0.25) is 0 Å². The number of carboxylic acid groups (broad SMARTS) is 1. The van der Waals surface area contributed by atoms with Gasteiger partial charge in [0.2, 0.25) is 0 Å². The molecule has 0 atom stereocenters. The van der Waals surface area contributed by atoms with E-state index >= 15 is 0 Å². The average Bonchev–Trinajstić information content (AvgIpc) is 3.24. The molecule has 2 aliphatic rings. The van der Waals surface area contributed by atoms with Gasteiger partial charge in [-0.3, -0.25) is 9.69 Å². The number of carbonyl (C=O) groups excluding carboxylic acids is 1. The Hall–Kier alpha value is -4.28. The van der Waals surface area contributed by atoms with Gasteiger partial charge in [-0.25, -0.2) is 9.79 Å².